The van der Waals surface area contributed by atoms with Crippen LogP contribution in [0, 0.1) is 0 Å². The molecule has 20 heavy (non-hydrogen) atoms. The molecule has 0 bridgehead atoms. The van der Waals surface area contributed by atoms with Gasteiger partial charge in [0, 0.05) is 0 Å². The highest BCUT2D eigenvalue weighted by atomic mass is 35.5. The van der Waals surface area contributed by atoms with Gasteiger partial charge in [-0.25, -0.2) is 4.98 Å². The molecule has 4 nitrogen and oxygen atoms in total. The number of rotatable bonds is 2. The Hall–Kier alpha value is -1.69. The van der Waals surface area contributed by atoms with Crippen LogP contribution in [0.25, 0.3) is 17.1 Å². The van der Waals surface area contributed by atoms with Gasteiger partial charge in [-0.1, -0.05) is 59.3 Å². The Bertz CT molecular complexity index is 855. The molecule has 0 aliphatic carbocycles. The first-order valence-electron chi connectivity index (χ1n) is 5.63. The van der Waals surface area contributed by atoms with Crippen molar-refractivity contribution in [2.24, 2.45) is 0 Å². The molecular weight excluding hydrogens is 317 g/mol. The summed E-state index contributed by atoms with van der Waals surface area (Å²) in [6.07, 6.45) is 3.54. The van der Waals surface area contributed by atoms with Gasteiger partial charge >= 0.3 is 0 Å². The molecule has 2 aromatic heterocycles. The molecule has 0 radical (unpaired) electrons. The maximum absolute atomic E-state index is 12.0. The van der Waals surface area contributed by atoms with Gasteiger partial charge in [0.05, 0.1) is 5.69 Å². The van der Waals surface area contributed by atoms with E-state index in [9.17, 15) is 4.79 Å². The average molecular weight is 324 g/mol. The van der Waals surface area contributed by atoms with Crippen LogP contribution in [0.1, 0.15) is 11.3 Å². The molecular formula is C13H7Cl2N3OS. The molecule has 1 aromatic carbocycles. The first-order chi connectivity index (χ1) is 9.65. The lowest BCUT2D eigenvalue weighted by Gasteiger charge is -1.97. The molecule has 3 aromatic rings. The Morgan fingerprint density at radius 2 is 1.90 bits per heavy atom. The number of aromatic nitrogens is 3. The second-order valence-electron chi connectivity index (χ2n) is 3.91. The van der Waals surface area contributed by atoms with E-state index in [1.165, 1.54) is 0 Å². The van der Waals surface area contributed by atoms with Crippen molar-refractivity contribution < 1.29 is 0 Å². The molecule has 0 saturated carbocycles. The minimum absolute atomic E-state index is 0.0247. The van der Waals surface area contributed by atoms with Crippen molar-refractivity contribution in [1.82, 2.24) is 14.6 Å². The summed E-state index contributed by atoms with van der Waals surface area (Å²) in [5.41, 5.74) is 0.973. The third kappa shape index (κ3) is 2.47. The van der Waals surface area contributed by atoms with Gasteiger partial charge in [-0.15, -0.1) is 5.10 Å². The summed E-state index contributed by atoms with van der Waals surface area (Å²) < 4.78 is 1.35. The van der Waals surface area contributed by atoms with Crippen LogP contribution in [0.2, 0.25) is 9.49 Å². The van der Waals surface area contributed by atoms with Crippen LogP contribution in [0.4, 0.5) is 0 Å². The van der Waals surface area contributed by atoms with Crippen molar-refractivity contribution >= 4 is 51.7 Å². The second-order valence-corrected chi connectivity index (χ2v) is 5.83. The molecule has 0 spiro atoms. The van der Waals surface area contributed by atoms with Gasteiger partial charge < -0.3 is 0 Å². The monoisotopic (exact) mass is 323 g/mol. The third-order valence-electron chi connectivity index (χ3n) is 2.59. The number of hydrogen-bond acceptors (Lipinski definition) is 4. The minimum Gasteiger partial charge on any atom is -0.266 e. The highest BCUT2D eigenvalue weighted by molar-refractivity contribution is 7.20. The number of hydrogen-bond donors (Lipinski definition) is 0. The molecule has 0 aliphatic heterocycles. The largest absolute Gasteiger partial charge is 0.294 e. The summed E-state index contributed by atoms with van der Waals surface area (Å²) in [5, 5.41) is 3.87. The van der Waals surface area contributed by atoms with Gasteiger partial charge in [-0.3, -0.25) is 4.79 Å². The van der Waals surface area contributed by atoms with Gasteiger partial charge in [0.15, 0.2) is 0 Å². The van der Waals surface area contributed by atoms with Crippen LogP contribution < -0.4 is 5.56 Å². The Kier molecular flexibility index (Phi) is 3.56. The number of nitrogens with zero attached hydrogens (tertiary/aromatic N) is 3. The highest BCUT2D eigenvalue weighted by Crippen LogP contribution is 2.20. The molecule has 100 valence electrons. The SMILES string of the molecule is O=c1c(Cl)c(C=Cc2ccccc2)nc2sc(Cl)nn12. The molecule has 0 aliphatic rings. The van der Waals surface area contributed by atoms with Crippen molar-refractivity contribution in [2.45, 2.75) is 0 Å². The molecule has 0 unspecified atom stereocenters. The van der Waals surface area contributed by atoms with Gasteiger partial charge in [0.1, 0.15) is 5.02 Å². The Morgan fingerprint density at radius 1 is 1.15 bits per heavy atom. The fraction of sp³-hybridized carbons (Fsp3) is 0. The third-order valence-corrected chi connectivity index (χ3v) is 3.95. The van der Waals surface area contributed by atoms with Gasteiger partial charge in [0.2, 0.25) is 9.43 Å². The predicted octanol–water partition coefficient (Wildman–Crippen LogP) is 3.63. The second kappa shape index (κ2) is 5.36. The van der Waals surface area contributed by atoms with Crippen LogP contribution in [-0.4, -0.2) is 14.6 Å². The van der Waals surface area contributed by atoms with E-state index in [4.69, 9.17) is 23.2 Å². The van der Waals surface area contributed by atoms with E-state index in [0.29, 0.717) is 10.7 Å². The van der Waals surface area contributed by atoms with Gasteiger partial charge in [0.25, 0.3) is 5.56 Å². The van der Waals surface area contributed by atoms with Crippen LogP contribution in [-0.2, 0) is 0 Å². The standard InChI is InChI=1S/C13H7Cl2N3OS/c14-10-9(7-6-8-4-2-1-3-5-8)16-13-18(11(10)19)17-12(15)20-13/h1-7H. The van der Waals surface area contributed by atoms with E-state index in [1.54, 1.807) is 6.08 Å². The molecule has 3 rings (SSSR count). The molecule has 0 atom stereocenters. The topological polar surface area (TPSA) is 47.3 Å². The van der Waals surface area contributed by atoms with Gasteiger partial charge in [-0.05, 0) is 23.2 Å². The Morgan fingerprint density at radius 3 is 2.65 bits per heavy atom. The zero-order valence-corrected chi connectivity index (χ0v) is 12.3. The van der Waals surface area contributed by atoms with Crippen molar-refractivity contribution in [3.8, 4) is 0 Å². The molecule has 0 amide bonds. The molecule has 2 heterocycles. The van der Waals surface area contributed by atoms with E-state index in [1.807, 2.05) is 36.4 Å². The lowest BCUT2D eigenvalue weighted by molar-refractivity contribution is 0.898. The highest BCUT2D eigenvalue weighted by Gasteiger charge is 2.12. The molecule has 7 heteroatoms. The first kappa shape index (κ1) is 13.3. The van der Waals surface area contributed by atoms with Crippen molar-refractivity contribution in [3.05, 3.63) is 61.4 Å². The van der Waals surface area contributed by atoms with E-state index in [-0.39, 0.29) is 9.49 Å². The summed E-state index contributed by atoms with van der Waals surface area (Å²) in [4.78, 5) is 16.7. The lowest BCUT2D eigenvalue weighted by Crippen LogP contribution is -2.16. The van der Waals surface area contributed by atoms with E-state index < -0.39 is 5.56 Å². The van der Waals surface area contributed by atoms with Crippen molar-refractivity contribution in [2.75, 3.05) is 0 Å². The van der Waals surface area contributed by atoms with E-state index in [2.05, 4.69) is 10.1 Å². The van der Waals surface area contributed by atoms with Crippen LogP contribution >= 0.6 is 34.5 Å². The number of halogens is 2. The average Bonchev–Trinajstić information content (AvgIpc) is 2.83. The maximum Gasteiger partial charge on any atom is 0.294 e. The Labute approximate surface area is 127 Å². The summed E-state index contributed by atoms with van der Waals surface area (Å²) in [6.45, 7) is 0. The Balaban J connectivity index is 2.10. The maximum atomic E-state index is 12.0. The summed E-state index contributed by atoms with van der Waals surface area (Å²) >= 11 is 12.9. The van der Waals surface area contributed by atoms with Crippen LogP contribution in [0.3, 0.4) is 0 Å². The minimum atomic E-state index is -0.424. The zero-order valence-electron chi connectivity index (χ0n) is 9.96. The molecule has 0 saturated heterocycles. The fourth-order valence-electron chi connectivity index (χ4n) is 1.67. The lowest BCUT2D eigenvalue weighted by atomic mass is 10.2. The van der Waals surface area contributed by atoms with Crippen LogP contribution in [0.15, 0.2) is 35.1 Å². The first-order valence-corrected chi connectivity index (χ1v) is 7.20. The van der Waals surface area contributed by atoms with Crippen LogP contribution in [0.5, 0.6) is 0 Å². The summed E-state index contributed by atoms with van der Waals surface area (Å²) in [5.74, 6) is 0. The predicted molar refractivity (Wildman–Crippen MR) is 82.5 cm³/mol. The van der Waals surface area contributed by atoms with Crippen molar-refractivity contribution in [1.29, 1.82) is 0 Å². The summed E-state index contributed by atoms with van der Waals surface area (Å²) in [7, 11) is 0. The van der Waals surface area contributed by atoms with E-state index in [0.717, 1.165) is 21.4 Å². The molecule has 0 fully saturated rings. The number of benzene rings is 1. The smallest absolute Gasteiger partial charge is 0.266 e. The zero-order chi connectivity index (χ0) is 14.1. The number of fused-ring (bicyclic) bond motifs is 1. The molecule has 0 N–H and O–H groups in total. The van der Waals surface area contributed by atoms with E-state index >= 15 is 0 Å². The fourth-order valence-corrected chi connectivity index (χ4v) is 2.76. The quantitative estimate of drug-likeness (QED) is 0.723. The van der Waals surface area contributed by atoms with Gasteiger partial charge in [-0.2, -0.15) is 4.52 Å². The normalized spacial score (nSPS) is 11.5. The van der Waals surface area contributed by atoms with Crippen molar-refractivity contribution in [3.63, 3.8) is 0 Å². The summed E-state index contributed by atoms with van der Waals surface area (Å²) in [6, 6.07) is 9.67.